The lowest BCUT2D eigenvalue weighted by Crippen LogP contribution is -1.76. The third kappa shape index (κ3) is 1.42. The minimum absolute atomic E-state index is 1.11. The molecule has 1 aromatic carbocycles. The Hall–Kier alpha value is -1.04. The second kappa shape index (κ2) is 3.14. The van der Waals surface area contributed by atoms with E-state index in [-0.39, 0.29) is 0 Å². The second-order valence-corrected chi connectivity index (χ2v) is 3.51. The van der Waals surface area contributed by atoms with Crippen LogP contribution in [0.25, 0.3) is 5.57 Å². The summed E-state index contributed by atoms with van der Waals surface area (Å²) in [5.41, 5.74) is 5.52. The van der Waals surface area contributed by atoms with Crippen molar-refractivity contribution in [2.24, 2.45) is 0 Å². The molecule has 0 nitrogen and oxygen atoms in total. The monoisotopic (exact) mass is 218 g/mol. The molecule has 2 rings (SSSR count). The van der Waals surface area contributed by atoms with Crippen molar-refractivity contribution < 1.29 is 0 Å². The highest BCUT2D eigenvalue weighted by Gasteiger charge is 1.97. The Kier molecular flexibility index (Phi) is 1.99. The van der Waals surface area contributed by atoms with Gasteiger partial charge in [-0.2, -0.15) is 0 Å². The molecule has 12 heavy (non-hydrogen) atoms. The maximum absolute atomic E-state index is 3.40. The molecule has 0 bridgehead atoms. The lowest BCUT2D eigenvalue weighted by molar-refractivity contribution is 1.59. The van der Waals surface area contributed by atoms with Gasteiger partial charge in [-0.3, -0.25) is 0 Å². The van der Waals surface area contributed by atoms with Crippen LogP contribution in [0.2, 0.25) is 0 Å². The molecular weight excluding hydrogens is 212 g/mol. The minimum Gasteiger partial charge on any atom is -0.112 e. The Morgan fingerprint density at radius 2 is 1.83 bits per heavy atom. The van der Waals surface area contributed by atoms with Crippen molar-refractivity contribution in [2.75, 3.05) is 0 Å². The van der Waals surface area contributed by atoms with Gasteiger partial charge in [0, 0.05) is 10.0 Å². The summed E-state index contributed by atoms with van der Waals surface area (Å²) in [6.45, 7) is 0. The maximum atomic E-state index is 3.40. The zero-order valence-electron chi connectivity index (χ0n) is 6.42. The van der Waals surface area contributed by atoms with Crippen LogP contribution < -0.4 is 0 Å². The van der Waals surface area contributed by atoms with Gasteiger partial charge in [0.05, 0.1) is 0 Å². The van der Waals surface area contributed by atoms with E-state index in [0.29, 0.717) is 0 Å². The van der Waals surface area contributed by atoms with Gasteiger partial charge in [-0.25, -0.2) is 0 Å². The number of rotatable bonds is 1. The van der Waals surface area contributed by atoms with Crippen LogP contribution in [-0.4, -0.2) is 0 Å². The average Bonchev–Trinajstić information content (AvgIpc) is 2.58. The van der Waals surface area contributed by atoms with Crippen LogP contribution in [-0.2, 0) is 0 Å². The average molecular weight is 219 g/mol. The van der Waals surface area contributed by atoms with Gasteiger partial charge in [-0.1, -0.05) is 34.1 Å². The molecule has 0 heterocycles. The van der Waals surface area contributed by atoms with Crippen molar-refractivity contribution in [3.8, 4) is 0 Å². The number of halogens is 1. The number of hydrogen-bond donors (Lipinski definition) is 0. The van der Waals surface area contributed by atoms with E-state index < -0.39 is 0 Å². The third-order valence-electron chi connectivity index (χ3n) is 1.75. The lowest BCUT2D eigenvalue weighted by atomic mass is 10.1. The summed E-state index contributed by atoms with van der Waals surface area (Å²) in [4.78, 5) is 0. The zero-order valence-corrected chi connectivity index (χ0v) is 8.01. The third-order valence-corrected chi connectivity index (χ3v) is 2.28. The molecule has 0 unspecified atom stereocenters. The molecule has 0 saturated carbocycles. The van der Waals surface area contributed by atoms with E-state index in [9.17, 15) is 0 Å². The standard InChI is InChI=1S/C11H7Br/c12-11-7-5-10(6-8-11)9-3-1-2-4-9/h1-3,5-8H. The summed E-state index contributed by atoms with van der Waals surface area (Å²) < 4.78 is 1.11. The van der Waals surface area contributed by atoms with Gasteiger partial charge in [0.1, 0.15) is 0 Å². The minimum atomic E-state index is 1.11. The van der Waals surface area contributed by atoms with Crippen molar-refractivity contribution in [1.82, 2.24) is 0 Å². The van der Waals surface area contributed by atoms with E-state index in [1.165, 1.54) is 5.56 Å². The maximum Gasteiger partial charge on any atom is 0.0237 e. The lowest BCUT2D eigenvalue weighted by Gasteiger charge is -1.97. The normalized spacial score (nSPS) is 13.6. The highest BCUT2D eigenvalue weighted by atomic mass is 79.9. The summed E-state index contributed by atoms with van der Waals surface area (Å²) >= 11 is 3.40. The first-order valence-electron chi connectivity index (χ1n) is 3.75. The molecule has 0 spiro atoms. The van der Waals surface area contributed by atoms with E-state index in [1.54, 1.807) is 0 Å². The van der Waals surface area contributed by atoms with Gasteiger partial charge in [-0.05, 0) is 29.8 Å². The summed E-state index contributed by atoms with van der Waals surface area (Å²) in [6, 6.07) is 8.23. The van der Waals surface area contributed by atoms with Crippen LogP contribution in [0.1, 0.15) is 5.56 Å². The molecule has 0 aromatic heterocycles. The molecule has 0 atom stereocenters. The molecule has 1 heteroatoms. The molecule has 0 fully saturated rings. The fraction of sp³-hybridized carbons (Fsp3) is 0. The van der Waals surface area contributed by atoms with Gasteiger partial charge < -0.3 is 0 Å². The molecule has 1 aliphatic rings. The smallest absolute Gasteiger partial charge is 0.0237 e. The Morgan fingerprint density at radius 3 is 2.42 bits per heavy atom. The topological polar surface area (TPSA) is 0 Å². The SMILES string of the molecule is Brc1ccc(C2=C=CC=C2)cc1. The van der Waals surface area contributed by atoms with Crippen LogP contribution >= 0.6 is 15.9 Å². The van der Waals surface area contributed by atoms with E-state index in [1.807, 2.05) is 24.3 Å². The Bertz CT molecular complexity index is 376. The Morgan fingerprint density at radius 1 is 1.08 bits per heavy atom. The summed E-state index contributed by atoms with van der Waals surface area (Å²) in [5.74, 6) is 0. The Balaban J connectivity index is 2.42. The van der Waals surface area contributed by atoms with Gasteiger partial charge in [-0.15, -0.1) is 5.73 Å². The first kappa shape index (κ1) is 7.60. The summed E-state index contributed by atoms with van der Waals surface area (Å²) in [5, 5.41) is 0. The van der Waals surface area contributed by atoms with Gasteiger partial charge in [0.15, 0.2) is 0 Å². The van der Waals surface area contributed by atoms with Crippen molar-refractivity contribution >= 4 is 21.5 Å². The van der Waals surface area contributed by atoms with Gasteiger partial charge in [0.25, 0.3) is 0 Å². The largest absolute Gasteiger partial charge is 0.112 e. The zero-order chi connectivity index (χ0) is 8.39. The molecule has 0 N–H and O–H groups in total. The first-order valence-corrected chi connectivity index (χ1v) is 4.55. The van der Waals surface area contributed by atoms with Crippen LogP contribution in [0.5, 0.6) is 0 Å². The van der Waals surface area contributed by atoms with Crippen LogP contribution in [0.4, 0.5) is 0 Å². The molecule has 0 saturated heterocycles. The van der Waals surface area contributed by atoms with E-state index >= 15 is 0 Å². The van der Waals surface area contributed by atoms with E-state index in [2.05, 4.69) is 39.9 Å². The van der Waals surface area contributed by atoms with Gasteiger partial charge >= 0.3 is 0 Å². The van der Waals surface area contributed by atoms with E-state index in [4.69, 9.17) is 0 Å². The van der Waals surface area contributed by atoms with E-state index in [0.717, 1.165) is 10.0 Å². The summed E-state index contributed by atoms with van der Waals surface area (Å²) in [7, 11) is 0. The van der Waals surface area contributed by atoms with Crippen molar-refractivity contribution in [3.05, 3.63) is 58.3 Å². The fourth-order valence-corrected chi connectivity index (χ4v) is 1.40. The molecule has 1 aliphatic carbocycles. The van der Waals surface area contributed by atoms with Crippen LogP contribution in [0.15, 0.2) is 52.7 Å². The molecule has 0 radical (unpaired) electrons. The van der Waals surface area contributed by atoms with Gasteiger partial charge in [0.2, 0.25) is 0 Å². The van der Waals surface area contributed by atoms with Crippen LogP contribution in [0, 0.1) is 0 Å². The van der Waals surface area contributed by atoms with Crippen molar-refractivity contribution in [2.45, 2.75) is 0 Å². The summed E-state index contributed by atoms with van der Waals surface area (Å²) in [6.07, 6.45) is 5.98. The first-order chi connectivity index (χ1) is 5.86. The van der Waals surface area contributed by atoms with Crippen molar-refractivity contribution in [3.63, 3.8) is 0 Å². The highest BCUT2D eigenvalue weighted by molar-refractivity contribution is 9.10. The second-order valence-electron chi connectivity index (χ2n) is 2.59. The number of allylic oxidation sites excluding steroid dienone is 3. The predicted octanol–water partition coefficient (Wildman–Crippen LogP) is 3.56. The highest BCUT2D eigenvalue weighted by Crippen LogP contribution is 2.19. The molecule has 0 aliphatic heterocycles. The van der Waals surface area contributed by atoms with Crippen LogP contribution in [0.3, 0.4) is 0 Å². The quantitative estimate of drug-likeness (QED) is 0.633. The fourth-order valence-electron chi connectivity index (χ4n) is 1.14. The molecular formula is C11H7Br. The predicted molar refractivity (Wildman–Crippen MR) is 54.8 cm³/mol. The molecule has 1 aromatic rings. The molecule has 58 valence electrons. The molecule has 0 amide bonds. The van der Waals surface area contributed by atoms with Crippen molar-refractivity contribution in [1.29, 1.82) is 0 Å². The number of hydrogen-bond acceptors (Lipinski definition) is 0. The number of benzene rings is 1. The Labute approximate surface area is 80.0 Å².